The number of tetrazole rings is 1. The first-order valence-corrected chi connectivity index (χ1v) is 15.2. The molecule has 1 N–H and O–H groups in total. The van der Waals surface area contributed by atoms with Crippen LogP contribution in [0.5, 0.6) is 0 Å². The van der Waals surface area contributed by atoms with E-state index >= 15 is 0 Å². The SMILES string of the molecule is CCC[C@H](c1ccc(C(=O)NCc2nn[n-]n2)cc1)N1C(=O)C(c2cc(Cl)cc(Cl)c2)=NC12CCC(C(C)(C)C)CC2.[K+]. The van der Waals surface area contributed by atoms with E-state index in [1.54, 1.807) is 30.3 Å². The number of hydrogen-bond acceptors (Lipinski definition) is 6. The van der Waals surface area contributed by atoms with Gasteiger partial charge in [-0.15, -0.1) is 0 Å². The Hall–Kier alpha value is -1.66. The van der Waals surface area contributed by atoms with Crippen molar-refractivity contribution in [1.82, 2.24) is 30.8 Å². The van der Waals surface area contributed by atoms with Crippen LogP contribution in [0.1, 0.15) is 99.6 Å². The van der Waals surface area contributed by atoms with Gasteiger partial charge in [-0.1, -0.05) is 69.5 Å². The van der Waals surface area contributed by atoms with Gasteiger partial charge in [0.2, 0.25) is 0 Å². The van der Waals surface area contributed by atoms with Crippen molar-refractivity contribution in [3.8, 4) is 0 Å². The van der Waals surface area contributed by atoms with Crippen molar-refractivity contribution < 1.29 is 61.0 Å². The normalized spacial score (nSPS) is 21.0. The fourth-order valence-corrected chi connectivity index (χ4v) is 6.82. The summed E-state index contributed by atoms with van der Waals surface area (Å²) in [7, 11) is 0. The molecule has 222 valence electrons. The number of rotatable bonds is 8. The summed E-state index contributed by atoms with van der Waals surface area (Å²) in [5.74, 6) is 0.530. The van der Waals surface area contributed by atoms with Crippen LogP contribution in [0, 0.1) is 11.3 Å². The van der Waals surface area contributed by atoms with Gasteiger partial charge in [-0.05, 0) is 79.3 Å². The standard InChI is InChI=1S/C31H37Cl2N7O2.K/c1-5-6-25(19-7-9-20(10-8-19)28(41)34-18-26-36-38-39-37-26)40-29(42)27(21-15-23(32)17-24(33)16-21)35-31(40)13-11-22(12-14-31)30(2,3)4;/h7-10,15-17,22,25H,5-6,11-14,18H2,1-4H3,(H2,34,36,37,38,39,41);/q;+1/p-1/t22?,25-,31?;/m1./s1. The van der Waals surface area contributed by atoms with E-state index in [0.717, 1.165) is 44.1 Å². The first-order chi connectivity index (χ1) is 20.0. The van der Waals surface area contributed by atoms with Crippen molar-refractivity contribution in [3.05, 3.63) is 75.0 Å². The zero-order valence-electron chi connectivity index (χ0n) is 25.4. The Morgan fingerprint density at radius 1 is 1.12 bits per heavy atom. The second kappa shape index (κ2) is 14.2. The Labute approximate surface area is 305 Å². The summed E-state index contributed by atoms with van der Waals surface area (Å²) in [6.45, 7) is 9.11. The maximum absolute atomic E-state index is 14.4. The van der Waals surface area contributed by atoms with Gasteiger partial charge in [-0.3, -0.25) is 25.0 Å². The van der Waals surface area contributed by atoms with Crippen LogP contribution in [0.15, 0.2) is 47.5 Å². The molecular weight excluding hydrogens is 612 g/mol. The summed E-state index contributed by atoms with van der Waals surface area (Å²) in [6.07, 6.45) is 5.17. The van der Waals surface area contributed by atoms with E-state index < -0.39 is 5.66 Å². The third-order valence-electron chi connectivity index (χ3n) is 8.54. The molecule has 9 nitrogen and oxygen atoms in total. The van der Waals surface area contributed by atoms with Gasteiger partial charge in [0.25, 0.3) is 11.8 Å². The molecule has 2 aliphatic rings. The number of carbonyl (C=O) groups excluding carboxylic acids is 2. The van der Waals surface area contributed by atoms with E-state index in [2.05, 4.69) is 53.6 Å². The molecule has 1 aliphatic carbocycles. The molecule has 0 radical (unpaired) electrons. The molecule has 2 amide bonds. The number of benzene rings is 2. The Morgan fingerprint density at radius 3 is 2.33 bits per heavy atom. The minimum Gasteiger partial charge on any atom is -0.347 e. The predicted octanol–water partition coefficient (Wildman–Crippen LogP) is 3.17. The van der Waals surface area contributed by atoms with Gasteiger partial charge >= 0.3 is 51.4 Å². The Morgan fingerprint density at radius 2 is 1.77 bits per heavy atom. The van der Waals surface area contributed by atoms with Crippen molar-refractivity contribution in [2.45, 2.75) is 84.5 Å². The van der Waals surface area contributed by atoms with E-state index in [1.807, 2.05) is 17.0 Å². The number of amides is 2. The zero-order chi connectivity index (χ0) is 30.1. The van der Waals surface area contributed by atoms with Gasteiger partial charge < -0.3 is 15.3 Å². The molecule has 1 fully saturated rings. The van der Waals surface area contributed by atoms with E-state index in [1.165, 1.54) is 0 Å². The molecular formula is C31H36Cl2KN7O2. The molecule has 1 atom stereocenters. The summed E-state index contributed by atoms with van der Waals surface area (Å²) in [5, 5.41) is 18.1. The molecule has 0 bridgehead atoms. The third-order valence-corrected chi connectivity index (χ3v) is 8.97. The largest absolute Gasteiger partial charge is 1.00 e. The molecule has 43 heavy (non-hydrogen) atoms. The van der Waals surface area contributed by atoms with Crippen LogP contribution < -0.4 is 61.9 Å². The van der Waals surface area contributed by atoms with Crippen LogP contribution in [0.2, 0.25) is 10.0 Å². The summed E-state index contributed by atoms with van der Waals surface area (Å²) in [6, 6.07) is 12.4. The first-order valence-electron chi connectivity index (χ1n) is 14.5. The van der Waals surface area contributed by atoms with Gasteiger partial charge in [-0.25, -0.2) is 5.10 Å². The molecule has 1 spiro atoms. The second-order valence-corrected chi connectivity index (χ2v) is 13.2. The van der Waals surface area contributed by atoms with E-state index in [9.17, 15) is 9.59 Å². The molecule has 0 unspecified atom stereocenters. The van der Waals surface area contributed by atoms with Crippen LogP contribution in [0.4, 0.5) is 0 Å². The number of nitrogens with zero attached hydrogens (tertiary/aromatic N) is 6. The van der Waals surface area contributed by atoms with Crippen LogP contribution in [-0.4, -0.2) is 43.5 Å². The van der Waals surface area contributed by atoms with Gasteiger partial charge in [0, 0.05) is 21.2 Å². The number of aromatic nitrogens is 4. The third kappa shape index (κ3) is 7.60. The van der Waals surface area contributed by atoms with Crippen LogP contribution in [-0.2, 0) is 11.3 Å². The molecule has 1 saturated carbocycles. The quantitative estimate of drug-likeness (QED) is 0.376. The number of hydrogen-bond donors (Lipinski definition) is 1. The van der Waals surface area contributed by atoms with Crippen molar-refractivity contribution in [3.63, 3.8) is 0 Å². The topological polar surface area (TPSA) is 115 Å². The zero-order valence-corrected chi connectivity index (χ0v) is 30.0. The summed E-state index contributed by atoms with van der Waals surface area (Å²) in [5.41, 5.74) is 2.04. The van der Waals surface area contributed by atoms with Crippen LogP contribution in [0.25, 0.3) is 0 Å². The average Bonchev–Trinajstić information content (AvgIpc) is 3.56. The van der Waals surface area contributed by atoms with Crippen molar-refractivity contribution in [2.75, 3.05) is 0 Å². The van der Waals surface area contributed by atoms with Crippen molar-refractivity contribution in [2.24, 2.45) is 16.3 Å². The molecule has 12 heteroatoms. The molecule has 5 rings (SSSR count). The van der Waals surface area contributed by atoms with Gasteiger partial charge in [0.1, 0.15) is 11.4 Å². The van der Waals surface area contributed by atoms with Crippen molar-refractivity contribution >= 4 is 40.7 Å². The van der Waals surface area contributed by atoms with E-state index in [0.29, 0.717) is 38.6 Å². The molecule has 3 aromatic rings. The predicted molar refractivity (Wildman–Crippen MR) is 162 cm³/mol. The van der Waals surface area contributed by atoms with Gasteiger partial charge in [0.15, 0.2) is 0 Å². The molecule has 1 aromatic heterocycles. The fraction of sp³-hybridized carbons (Fsp3) is 0.484. The number of nitrogens with one attached hydrogen (secondary N) is 1. The number of halogens is 2. The Kier molecular flexibility index (Phi) is 11.3. The number of carbonyl (C=O) groups is 2. The Balaban J connectivity index is 0.00000423. The summed E-state index contributed by atoms with van der Waals surface area (Å²) in [4.78, 5) is 34.4. The van der Waals surface area contributed by atoms with E-state index in [4.69, 9.17) is 28.2 Å². The molecule has 0 saturated heterocycles. The van der Waals surface area contributed by atoms with Gasteiger partial charge in [0.05, 0.1) is 18.4 Å². The molecule has 2 aromatic carbocycles. The van der Waals surface area contributed by atoms with Gasteiger partial charge in [-0.2, -0.15) is 0 Å². The average molecular weight is 649 g/mol. The summed E-state index contributed by atoms with van der Waals surface area (Å²) >= 11 is 12.7. The van der Waals surface area contributed by atoms with E-state index in [-0.39, 0.29) is 81.2 Å². The van der Waals surface area contributed by atoms with Crippen molar-refractivity contribution in [1.29, 1.82) is 0 Å². The smallest absolute Gasteiger partial charge is 0.347 e. The number of aliphatic imine (C=N–C) groups is 1. The molecule has 2 heterocycles. The first kappa shape index (κ1) is 34.2. The fourth-order valence-electron chi connectivity index (χ4n) is 6.29. The second-order valence-electron chi connectivity index (χ2n) is 12.3. The minimum absolute atomic E-state index is 0. The molecule has 1 aliphatic heterocycles. The van der Waals surface area contributed by atoms with Crippen LogP contribution in [0.3, 0.4) is 0 Å². The maximum atomic E-state index is 14.4. The maximum Gasteiger partial charge on any atom is 1.00 e. The minimum atomic E-state index is -0.652. The summed E-state index contributed by atoms with van der Waals surface area (Å²) < 4.78 is 0. The monoisotopic (exact) mass is 647 g/mol. The Bertz CT molecular complexity index is 1440. The van der Waals surface area contributed by atoms with Crippen LogP contribution >= 0.6 is 23.2 Å².